The second kappa shape index (κ2) is 3.13. The summed E-state index contributed by atoms with van der Waals surface area (Å²) in [6, 6.07) is -0.709. The van der Waals surface area contributed by atoms with E-state index in [-0.39, 0.29) is 6.04 Å². The molecule has 0 fully saturated rings. The molecule has 1 atom stereocenters. The SMILES string of the molecule is CCn1cc(C2NC(=O)N=C2N)cn1. The van der Waals surface area contributed by atoms with Crippen LogP contribution in [0.5, 0.6) is 0 Å². The van der Waals surface area contributed by atoms with E-state index in [2.05, 4.69) is 15.4 Å². The monoisotopic (exact) mass is 193 g/mol. The van der Waals surface area contributed by atoms with Crippen LogP contribution in [0, 0.1) is 0 Å². The predicted molar refractivity (Wildman–Crippen MR) is 50.8 cm³/mol. The summed E-state index contributed by atoms with van der Waals surface area (Å²) >= 11 is 0. The quantitative estimate of drug-likeness (QED) is 0.694. The fourth-order valence-electron chi connectivity index (χ4n) is 1.37. The molecule has 0 aromatic carbocycles. The van der Waals surface area contributed by atoms with Crippen molar-refractivity contribution in [1.82, 2.24) is 15.1 Å². The van der Waals surface area contributed by atoms with Crippen LogP contribution < -0.4 is 11.1 Å². The van der Waals surface area contributed by atoms with E-state index in [9.17, 15) is 4.79 Å². The first-order chi connectivity index (χ1) is 6.70. The van der Waals surface area contributed by atoms with E-state index in [1.807, 2.05) is 13.1 Å². The van der Waals surface area contributed by atoms with Crippen molar-refractivity contribution in [1.29, 1.82) is 0 Å². The number of nitrogens with zero attached hydrogens (tertiary/aromatic N) is 3. The highest BCUT2D eigenvalue weighted by atomic mass is 16.2. The van der Waals surface area contributed by atoms with Gasteiger partial charge in [0.2, 0.25) is 0 Å². The van der Waals surface area contributed by atoms with Crippen molar-refractivity contribution in [3.05, 3.63) is 18.0 Å². The summed E-state index contributed by atoms with van der Waals surface area (Å²) in [7, 11) is 0. The van der Waals surface area contributed by atoms with Gasteiger partial charge in [-0.1, -0.05) is 0 Å². The number of hydrogen-bond acceptors (Lipinski definition) is 3. The Balaban J connectivity index is 2.24. The Kier molecular flexibility index (Phi) is 1.95. The molecule has 0 aliphatic carbocycles. The number of nitrogens with one attached hydrogen (secondary N) is 1. The van der Waals surface area contributed by atoms with Crippen molar-refractivity contribution in [3.8, 4) is 0 Å². The zero-order chi connectivity index (χ0) is 10.1. The van der Waals surface area contributed by atoms with E-state index in [0.29, 0.717) is 5.84 Å². The summed E-state index contributed by atoms with van der Waals surface area (Å²) < 4.78 is 1.77. The molecule has 1 aromatic rings. The van der Waals surface area contributed by atoms with Crippen molar-refractivity contribution < 1.29 is 4.79 Å². The molecule has 0 saturated carbocycles. The van der Waals surface area contributed by atoms with E-state index in [0.717, 1.165) is 12.1 Å². The molecule has 14 heavy (non-hydrogen) atoms. The molecule has 1 aliphatic heterocycles. The van der Waals surface area contributed by atoms with E-state index in [4.69, 9.17) is 5.73 Å². The molecule has 6 heteroatoms. The highest BCUT2D eigenvalue weighted by Crippen LogP contribution is 2.16. The first-order valence-corrected chi connectivity index (χ1v) is 4.37. The van der Waals surface area contributed by atoms with E-state index in [1.54, 1.807) is 10.9 Å². The number of nitrogens with two attached hydrogens (primary N) is 1. The third kappa shape index (κ3) is 1.34. The number of aryl methyl sites for hydroxylation is 1. The lowest BCUT2D eigenvalue weighted by atomic mass is 10.1. The average Bonchev–Trinajstić information content (AvgIpc) is 2.71. The Morgan fingerprint density at radius 2 is 2.50 bits per heavy atom. The van der Waals surface area contributed by atoms with Crippen LogP contribution in [-0.4, -0.2) is 21.6 Å². The lowest BCUT2D eigenvalue weighted by Crippen LogP contribution is -2.27. The number of carbonyl (C=O) groups is 1. The Labute approximate surface area is 80.8 Å². The molecule has 6 nitrogen and oxygen atoms in total. The van der Waals surface area contributed by atoms with Gasteiger partial charge in [0.25, 0.3) is 0 Å². The third-order valence-electron chi connectivity index (χ3n) is 2.10. The Morgan fingerprint density at radius 3 is 3.00 bits per heavy atom. The number of aliphatic imine (C=N–C) groups is 1. The molecule has 2 amide bonds. The normalized spacial score (nSPS) is 20.8. The number of hydrogen-bond donors (Lipinski definition) is 2. The van der Waals surface area contributed by atoms with Gasteiger partial charge < -0.3 is 11.1 Å². The molecule has 1 aliphatic rings. The molecule has 0 spiro atoms. The van der Waals surface area contributed by atoms with Gasteiger partial charge in [-0.15, -0.1) is 0 Å². The first-order valence-electron chi connectivity index (χ1n) is 4.37. The smallest absolute Gasteiger partial charge is 0.343 e. The van der Waals surface area contributed by atoms with Crippen molar-refractivity contribution in [2.75, 3.05) is 0 Å². The highest BCUT2D eigenvalue weighted by Gasteiger charge is 2.25. The largest absolute Gasteiger partial charge is 0.385 e. The molecule has 74 valence electrons. The minimum absolute atomic E-state index is 0.297. The fourth-order valence-corrected chi connectivity index (χ4v) is 1.37. The maximum atomic E-state index is 10.9. The van der Waals surface area contributed by atoms with Crippen molar-refractivity contribution >= 4 is 11.9 Å². The Morgan fingerprint density at radius 1 is 1.71 bits per heavy atom. The van der Waals surface area contributed by atoms with Crippen molar-refractivity contribution in [2.45, 2.75) is 19.5 Å². The second-order valence-electron chi connectivity index (χ2n) is 3.05. The van der Waals surface area contributed by atoms with E-state index >= 15 is 0 Å². The van der Waals surface area contributed by atoms with Crippen LogP contribution in [0.3, 0.4) is 0 Å². The first kappa shape index (κ1) is 8.74. The van der Waals surface area contributed by atoms with Crippen LogP contribution in [0.1, 0.15) is 18.5 Å². The van der Waals surface area contributed by atoms with Gasteiger partial charge >= 0.3 is 6.03 Å². The topological polar surface area (TPSA) is 85.3 Å². The molecule has 1 aromatic heterocycles. The van der Waals surface area contributed by atoms with E-state index in [1.165, 1.54) is 0 Å². The Hall–Kier alpha value is -1.85. The molecule has 0 bridgehead atoms. The van der Waals surface area contributed by atoms with Gasteiger partial charge in [-0.3, -0.25) is 4.68 Å². The van der Waals surface area contributed by atoms with Crippen LogP contribution in [0.15, 0.2) is 17.4 Å². The zero-order valence-electron chi connectivity index (χ0n) is 7.77. The molecule has 3 N–H and O–H groups in total. The number of aromatic nitrogens is 2. The average molecular weight is 193 g/mol. The van der Waals surface area contributed by atoms with Crippen LogP contribution in [0.25, 0.3) is 0 Å². The molecular weight excluding hydrogens is 182 g/mol. The van der Waals surface area contributed by atoms with Gasteiger partial charge in [-0.25, -0.2) is 4.79 Å². The standard InChI is InChI=1S/C8H11N5O/c1-2-13-4-5(3-10-13)6-7(9)12-8(14)11-6/h3-4,6H,2H2,1H3,(H3,9,11,12,14). The maximum Gasteiger partial charge on any atom is 0.343 e. The zero-order valence-corrected chi connectivity index (χ0v) is 7.77. The van der Waals surface area contributed by atoms with Crippen LogP contribution in [0.4, 0.5) is 4.79 Å². The fraction of sp³-hybridized carbons (Fsp3) is 0.375. The lowest BCUT2D eigenvalue weighted by Gasteiger charge is -2.06. The third-order valence-corrected chi connectivity index (χ3v) is 2.10. The van der Waals surface area contributed by atoms with Gasteiger partial charge in [-0.05, 0) is 6.92 Å². The summed E-state index contributed by atoms with van der Waals surface area (Å²) in [5, 5.41) is 6.73. The van der Waals surface area contributed by atoms with Crippen LogP contribution in [-0.2, 0) is 6.54 Å². The molecule has 2 rings (SSSR count). The number of amidine groups is 1. The summed E-state index contributed by atoms with van der Waals surface area (Å²) in [5.41, 5.74) is 6.44. The number of amides is 2. The minimum Gasteiger partial charge on any atom is -0.385 e. The van der Waals surface area contributed by atoms with Crippen LogP contribution >= 0.6 is 0 Å². The van der Waals surface area contributed by atoms with Crippen molar-refractivity contribution in [3.63, 3.8) is 0 Å². The predicted octanol–water partition coefficient (Wildman–Crippen LogP) is 0.0245. The summed E-state index contributed by atoms with van der Waals surface area (Å²) in [6.07, 6.45) is 3.53. The highest BCUT2D eigenvalue weighted by molar-refractivity contribution is 6.03. The molecule has 0 saturated heterocycles. The Bertz CT molecular complexity index is 394. The summed E-state index contributed by atoms with van der Waals surface area (Å²) in [4.78, 5) is 14.5. The maximum absolute atomic E-state index is 10.9. The summed E-state index contributed by atoms with van der Waals surface area (Å²) in [6.45, 7) is 2.78. The van der Waals surface area contributed by atoms with Gasteiger partial charge in [0.05, 0.1) is 6.20 Å². The van der Waals surface area contributed by atoms with Gasteiger partial charge in [0.15, 0.2) is 0 Å². The van der Waals surface area contributed by atoms with Crippen molar-refractivity contribution in [2.24, 2.45) is 10.7 Å². The van der Waals surface area contributed by atoms with Gasteiger partial charge in [0, 0.05) is 18.3 Å². The lowest BCUT2D eigenvalue weighted by molar-refractivity contribution is 0.250. The number of rotatable bonds is 2. The molecular formula is C8H11N5O. The van der Waals surface area contributed by atoms with Gasteiger partial charge in [-0.2, -0.15) is 10.1 Å². The van der Waals surface area contributed by atoms with Gasteiger partial charge in [0.1, 0.15) is 11.9 Å². The van der Waals surface area contributed by atoms with Crippen LogP contribution in [0.2, 0.25) is 0 Å². The number of carbonyl (C=O) groups excluding carboxylic acids is 1. The molecule has 0 radical (unpaired) electrons. The number of urea groups is 1. The summed E-state index contributed by atoms with van der Waals surface area (Å²) in [5.74, 6) is 0.297. The second-order valence-corrected chi connectivity index (χ2v) is 3.05. The molecule has 2 heterocycles. The minimum atomic E-state index is -0.392. The molecule has 1 unspecified atom stereocenters. The van der Waals surface area contributed by atoms with E-state index < -0.39 is 6.03 Å².